The Morgan fingerprint density at radius 1 is 1.39 bits per heavy atom. The summed E-state index contributed by atoms with van der Waals surface area (Å²) in [6.07, 6.45) is 0. The van der Waals surface area contributed by atoms with Crippen molar-refractivity contribution < 1.29 is 24.1 Å². The van der Waals surface area contributed by atoms with E-state index < -0.39 is 17.8 Å². The van der Waals surface area contributed by atoms with E-state index in [4.69, 9.17) is 14.2 Å². The number of carbonyl (C=O) groups excluding carboxylic acids is 1. The molecule has 0 amide bonds. The van der Waals surface area contributed by atoms with Crippen LogP contribution in [0.25, 0.3) is 0 Å². The minimum Gasteiger partial charge on any atom is -0.497 e. The Balaban J connectivity index is 2.56. The van der Waals surface area contributed by atoms with Crippen molar-refractivity contribution in [1.29, 1.82) is 5.26 Å². The predicted octanol–water partition coefficient (Wildman–Crippen LogP) is 2.94. The fourth-order valence-corrected chi connectivity index (χ4v) is 2.44. The highest BCUT2D eigenvalue weighted by atomic mass is 16.6. The number of hydrogen-bond donors (Lipinski definition) is 1. The zero-order valence-electron chi connectivity index (χ0n) is 13.1. The summed E-state index contributed by atoms with van der Waals surface area (Å²) < 4.78 is 15.3. The first-order chi connectivity index (χ1) is 11.0. The predicted molar refractivity (Wildman–Crippen MR) is 81.4 cm³/mol. The highest BCUT2D eigenvalue weighted by Crippen LogP contribution is 2.40. The zero-order valence-corrected chi connectivity index (χ0v) is 13.1. The van der Waals surface area contributed by atoms with Crippen molar-refractivity contribution in [3.63, 3.8) is 0 Å². The molecule has 1 aliphatic heterocycles. The van der Waals surface area contributed by atoms with Gasteiger partial charge in [-0.25, -0.2) is 4.79 Å². The number of rotatable bonds is 4. The van der Waals surface area contributed by atoms with Gasteiger partial charge in [-0.3, -0.25) is 0 Å². The average molecular weight is 315 g/mol. The minimum atomic E-state index is -0.751. The third kappa shape index (κ3) is 3.14. The molecule has 0 radical (unpaired) electrons. The molecule has 1 aromatic rings. The van der Waals surface area contributed by atoms with Gasteiger partial charge in [0.25, 0.3) is 5.95 Å². The van der Waals surface area contributed by atoms with Gasteiger partial charge in [0.2, 0.25) is 0 Å². The summed E-state index contributed by atoms with van der Waals surface area (Å²) in [6, 6.07) is 8.80. The lowest BCUT2D eigenvalue weighted by molar-refractivity contribution is -0.139. The van der Waals surface area contributed by atoms with Gasteiger partial charge in [0.15, 0.2) is 0 Å². The Kier molecular flexibility index (Phi) is 4.91. The Morgan fingerprint density at radius 3 is 2.57 bits per heavy atom. The van der Waals surface area contributed by atoms with Crippen molar-refractivity contribution in [2.75, 3.05) is 13.7 Å². The summed E-state index contributed by atoms with van der Waals surface area (Å²) in [5.74, 6) is -0.977. The fraction of sp³-hybridized carbons (Fsp3) is 0.294. The number of allylic oxidation sites excluding steroid dienone is 2. The molecule has 120 valence electrons. The first-order valence-corrected chi connectivity index (χ1v) is 7.06. The average Bonchev–Trinajstić information content (AvgIpc) is 2.54. The quantitative estimate of drug-likeness (QED) is 0.859. The second-order valence-electron chi connectivity index (χ2n) is 4.83. The van der Waals surface area contributed by atoms with E-state index in [9.17, 15) is 15.2 Å². The molecule has 0 aromatic heterocycles. The summed E-state index contributed by atoms with van der Waals surface area (Å²) in [6.45, 7) is 3.44. The molecular weight excluding hydrogens is 298 g/mol. The summed E-state index contributed by atoms with van der Waals surface area (Å²) >= 11 is 0. The van der Waals surface area contributed by atoms with E-state index in [1.54, 1.807) is 45.2 Å². The van der Waals surface area contributed by atoms with Crippen molar-refractivity contribution in [2.45, 2.75) is 19.8 Å². The number of nitrogens with zero attached hydrogens (tertiary/aromatic N) is 1. The van der Waals surface area contributed by atoms with Crippen LogP contribution >= 0.6 is 0 Å². The molecule has 0 bridgehead atoms. The van der Waals surface area contributed by atoms with Crippen molar-refractivity contribution in [3.8, 4) is 11.8 Å². The van der Waals surface area contributed by atoms with E-state index in [0.717, 1.165) is 0 Å². The summed E-state index contributed by atoms with van der Waals surface area (Å²) in [5.41, 5.74) is 0.815. The zero-order chi connectivity index (χ0) is 17.0. The van der Waals surface area contributed by atoms with Crippen LogP contribution in [-0.4, -0.2) is 24.8 Å². The van der Waals surface area contributed by atoms with Gasteiger partial charge in [0.1, 0.15) is 23.2 Å². The fourth-order valence-electron chi connectivity index (χ4n) is 2.44. The van der Waals surface area contributed by atoms with E-state index in [2.05, 4.69) is 0 Å². The Labute approximate surface area is 134 Å². The van der Waals surface area contributed by atoms with Gasteiger partial charge in [-0.1, -0.05) is 12.1 Å². The molecule has 0 unspecified atom stereocenters. The molecule has 0 fully saturated rings. The van der Waals surface area contributed by atoms with Crippen molar-refractivity contribution in [1.82, 2.24) is 0 Å². The molecule has 0 saturated carbocycles. The van der Waals surface area contributed by atoms with E-state index in [-0.39, 0.29) is 23.5 Å². The van der Waals surface area contributed by atoms with Crippen molar-refractivity contribution >= 4 is 5.97 Å². The number of benzene rings is 1. The lowest BCUT2D eigenvalue weighted by atomic mass is 9.83. The maximum Gasteiger partial charge on any atom is 0.338 e. The van der Waals surface area contributed by atoms with Gasteiger partial charge in [-0.2, -0.15) is 5.26 Å². The maximum atomic E-state index is 12.3. The van der Waals surface area contributed by atoms with Gasteiger partial charge in [-0.15, -0.1) is 0 Å². The largest absolute Gasteiger partial charge is 0.497 e. The SMILES string of the molecule is CCOC(=O)C1=C(C)OC(O)=C(C#N)[C@@H]1c1ccc(OC)cc1. The molecule has 1 atom stereocenters. The minimum absolute atomic E-state index is 0.0381. The second kappa shape index (κ2) is 6.88. The molecule has 1 aliphatic rings. The molecule has 0 saturated heterocycles. The lowest BCUT2D eigenvalue weighted by Gasteiger charge is -2.26. The molecule has 0 spiro atoms. The monoisotopic (exact) mass is 315 g/mol. The van der Waals surface area contributed by atoms with E-state index in [1.807, 2.05) is 6.07 Å². The molecule has 23 heavy (non-hydrogen) atoms. The first-order valence-electron chi connectivity index (χ1n) is 7.06. The highest BCUT2D eigenvalue weighted by molar-refractivity contribution is 5.92. The molecule has 6 nitrogen and oxygen atoms in total. The topological polar surface area (TPSA) is 88.8 Å². The van der Waals surface area contributed by atoms with Gasteiger partial charge < -0.3 is 19.3 Å². The Hall–Kier alpha value is -2.94. The molecule has 2 rings (SSSR count). The van der Waals surface area contributed by atoms with Crippen LogP contribution in [0.1, 0.15) is 25.3 Å². The van der Waals surface area contributed by atoms with Crippen molar-refractivity contribution in [3.05, 3.63) is 52.7 Å². The number of hydrogen-bond acceptors (Lipinski definition) is 6. The number of nitriles is 1. The van der Waals surface area contributed by atoms with Crippen LogP contribution in [0.5, 0.6) is 5.75 Å². The smallest absolute Gasteiger partial charge is 0.338 e. The standard InChI is InChI=1S/C17H17NO5/c1-4-22-17(20)14-10(2)23-16(19)13(9-18)15(14)11-5-7-12(21-3)8-6-11/h5-8,15,19H,4H2,1-3H3/t15-/m0/s1. The van der Waals surface area contributed by atoms with Gasteiger partial charge in [0, 0.05) is 0 Å². The number of carbonyl (C=O) groups is 1. The Morgan fingerprint density at radius 2 is 2.04 bits per heavy atom. The molecule has 0 aliphatic carbocycles. The third-order valence-electron chi connectivity index (χ3n) is 3.50. The van der Waals surface area contributed by atoms with E-state index >= 15 is 0 Å². The normalized spacial score (nSPS) is 17.4. The van der Waals surface area contributed by atoms with Crippen molar-refractivity contribution in [2.24, 2.45) is 0 Å². The number of aliphatic hydroxyl groups is 1. The second-order valence-corrected chi connectivity index (χ2v) is 4.83. The van der Waals surface area contributed by atoms with Gasteiger partial charge in [-0.05, 0) is 31.5 Å². The van der Waals surface area contributed by atoms with Crippen LogP contribution in [-0.2, 0) is 14.3 Å². The van der Waals surface area contributed by atoms with Gasteiger partial charge in [0.05, 0.1) is 25.2 Å². The van der Waals surface area contributed by atoms with Crippen LogP contribution < -0.4 is 4.74 Å². The molecular formula is C17H17NO5. The summed E-state index contributed by atoms with van der Waals surface area (Å²) in [5, 5.41) is 19.3. The molecule has 6 heteroatoms. The maximum absolute atomic E-state index is 12.3. The van der Waals surface area contributed by atoms with Crippen LogP contribution in [0.2, 0.25) is 0 Å². The van der Waals surface area contributed by atoms with E-state index in [1.165, 1.54) is 0 Å². The number of esters is 1. The lowest BCUT2D eigenvalue weighted by Crippen LogP contribution is -2.23. The first kappa shape index (κ1) is 16.4. The highest BCUT2D eigenvalue weighted by Gasteiger charge is 2.37. The molecule has 1 N–H and O–H groups in total. The number of ether oxygens (including phenoxy) is 3. The summed E-state index contributed by atoms with van der Waals surface area (Å²) in [4.78, 5) is 12.3. The van der Waals surface area contributed by atoms with Crippen LogP contribution in [0.15, 0.2) is 47.1 Å². The van der Waals surface area contributed by atoms with Crippen LogP contribution in [0.3, 0.4) is 0 Å². The number of aliphatic hydroxyl groups excluding tert-OH is 1. The third-order valence-corrected chi connectivity index (χ3v) is 3.50. The van der Waals surface area contributed by atoms with Crippen LogP contribution in [0, 0.1) is 11.3 Å². The van der Waals surface area contributed by atoms with Crippen LogP contribution in [0.4, 0.5) is 0 Å². The molecule has 1 heterocycles. The van der Waals surface area contributed by atoms with E-state index in [0.29, 0.717) is 11.3 Å². The number of methoxy groups -OCH3 is 1. The van der Waals surface area contributed by atoms with Gasteiger partial charge >= 0.3 is 5.97 Å². The summed E-state index contributed by atoms with van der Waals surface area (Å²) in [7, 11) is 1.55. The molecule has 1 aromatic carbocycles. The Bertz CT molecular complexity index is 709.